The van der Waals surface area contributed by atoms with E-state index in [1.807, 2.05) is 19.9 Å². The minimum atomic E-state index is -0.546. The number of hydrogen-bond donors (Lipinski definition) is 1. The van der Waals surface area contributed by atoms with Crippen LogP contribution in [0.5, 0.6) is 0 Å². The van der Waals surface area contributed by atoms with E-state index in [0.29, 0.717) is 6.42 Å². The van der Waals surface area contributed by atoms with E-state index >= 15 is 0 Å². The average Bonchev–Trinajstić information content (AvgIpc) is 2.86. The monoisotopic (exact) mass is 238 g/mol. The molecule has 0 aromatic carbocycles. The Morgan fingerprint density at radius 1 is 1.50 bits per heavy atom. The molecule has 1 unspecified atom stereocenters. The first kappa shape index (κ1) is 11.3. The molecular formula is C11H14N2O2S. The highest BCUT2D eigenvalue weighted by Gasteiger charge is 2.19. The van der Waals surface area contributed by atoms with Crippen molar-refractivity contribution < 1.29 is 9.52 Å². The second-order valence-corrected chi connectivity index (χ2v) is 4.81. The van der Waals surface area contributed by atoms with E-state index in [9.17, 15) is 5.11 Å². The first-order chi connectivity index (χ1) is 7.68. The van der Waals surface area contributed by atoms with Crippen LogP contribution in [0.4, 0.5) is 0 Å². The molecule has 0 radical (unpaired) electrons. The quantitative estimate of drug-likeness (QED) is 0.889. The van der Waals surface area contributed by atoms with Crippen molar-refractivity contribution in [3.8, 4) is 0 Å². The lowest BCUT2D eigenvalue weighted by Gasteiger charge is -2.09. The molecule has 2 aromatic rings. The summed E-state index contributed by atoms with van der Waals surface area (Å²) < 4.78 is 8.87. The van der Waals surface area contributed by atoms with Gasteiger partial charge in [0.15, 0.2) is 0 Å². The van der Waals surface area contributed by atoms with E-state index in [1.165, 1.54) is 11.5 Å². The van der Waals surface area contributed by atoms with Gasteiger partial charge >= 0.3 is 0 Å². The Labute approximate surface area is 98.1 Å². The highest BCUT2D eigenvalue weighted by molar-refractivity contribution is 7.05. The van der Waals surface area contributed by atoms with Gasteiger partial charge < -0.3 is 9.52 Å². The third-order valence-corrected chi connectivity index (χ3v) is 3.24. The van der Waals surface area contributed by atoms with Crippen molar-refractivity contribution in [3.05, 3.63) is 34.7 Å². The van der Waals surface area contributed by atoms with E-state index in [-0.39, 0.29) is 5.92 Å². The maximum Gasteiger partial charge on any atom is 0.0958 e. The van der Waals surface area contributed by atoms with Crippen molar-refractivity contribution in [2.75, 3.05) is 0 Å². The molecule has 2 heterocycles. The largest absolute Gasteiger partial charge is 0.472 e. The fraction of sp³-hybridized carbons (Fsp3) is 0.455. The van der Waals surface area contributed by atoms with Crippen molar-refractivity contribution in [2.45, 2.75) is 32.3 Å². The van der Waals surface area contributed by atoms with Gasteiger partial charge in [0.2, 0.25) is 0 Å². The Morgan fingerprint density at radius 3 is 2.94 bits per heavy atom. The molecule has 2 aromatic heterocycles. The third kappa shape index (κ3) is 2.31. The summed E-state index contributed by atoms with van der Waals surface area (Å²) in [6.45, 7) is 4.09. The molecule has 1 atom stereocenters. The first-order valence-electron chi connectivity index (χ1n) is 5.19. The SMILES string of the molecule is CC(C)c1nnsc1C(O)Cc1ccoc1. The Balaban J connectivity index is 2.14. The number of aliphatic hydroxyl groups is 1. The minimum absolute atomic E-state index is 0.285. The van der Waals surface area contributed by atoms with E-state index < -0.39 is 6.10 Å². The molecule has 86 valence electrons. The van der Waals surface area contributed by atoms with Gasteiger partial charge in [0, 0.05) is 6.42 Å². The van der Waals surface area contributed by atoms with Crippen LogP contribution in [-0.4, -0.2) is 14.7 Å². The van der Waals surface area contributed by atoms with Gasteiger partial charge in [0.05, 0.1) is 29.2 Å². The lowest BCUT2D eigenvalue weighted by atomic mass is 10.0. The molecule has 16 heavy (non-hydrogen) atoms. The predicted molar refractivity (Wildman–Crippen MR) is 61.4 cm³/mol. The first-order valence-corrected chi connectivity index (χ1v) is 5.97. The van der Waals surface area contributed by atoms with Crippen molar-refractivity contribution in [1.29, 1.82) is 0 Å². The van der Waals surface area contributed by atoms with Gasteiger partial charge in [-0.3, -0.25) is 0 Å². The number of rotatable bonds is 4. The van der Waals surface area contributed by atoms with Crippen LogP contribution in [-0.2, 0) is 6.42 Å². The Hall–Kier alpha value is -1.20. The Bertz CT molecular complexity index is 437. The van der Waals surface area contributed by atoms with Crippen LogP contribution in [0.2, 0.25) is 0 Å². The molecule has 0 fully saturated rings. The van der Waals surface area contributed by atoms with E-state index in [1.54, 1.807) is 12.5 Å². The normalized spacial score (nSPS) is 13.2. The standard InChI is InChI=1S/C11H14N2O2S/c1-7(2)10-11(16-13-12-10)9(14)5-8-3-4-15-6-8/h3-4,6-7,9,14H,5H2,1-2H3. The van der Waals surface area contributed by atoms with Crippen LogP contribution >= 0.6 is 11.5 Å². The molecule has 5 heteroatoms. The molecule has 0 aliphatic rings. The number of aliphatic hydroxyl groups excluding tert-OH is 1. The number of furan rings is 1. The second-order valence-electron chi connectivity index (χ2n) is 4.03. The summed E-state index contributed by atoms with van der Waals surface area (Å²) in [4.78, 5) is 0.858. The summed E-state index contributed by atoms with van der Waals surface area (Å²) >= 11 is 1.27. The maximum atomic E-state index is 10.1. The summed E-state index contributed by atoms with van der Waals surface area (Å²) in [5, 5.41) is 14.2. The number of aromatic nitrogens is 2. The van der Waals surface area contributed by atoms with Gasteiger partial charge in [0.1, 0.15) is 0 Å². The molecule has 2 rings (SSSR count). The van der Waals surface area contributed by atoms with E-state index in [4.69, 9.17) is 4.42 Å². The molecule has 0 saturated carbocycles. The van der Waals surface area contributed by atoms with Crippen LogP contribution in [0.15, 0.2) is 23.0 Å². The van der Waals surface area contributed by atoms with Gasteiger partial charge in [-0.25, -0.2) is 0 Å². The zero-order valence-electron chi connectivity index (χ0n) is 9.25. The summed E-state index contributed by atoms with van der Waals surface area (Å²) in [5.74, 6) is 0.285. The highest BCUT2D eigenvalue weighted by Crippen LogP contribution is 2.28. The average molecular weight is 238 g/mol. The molecule has 0 aliphatic carbocycles. The van der Waals surface area contributed by atoms with Gasteiger partial charge in [-0.1, -0.05) is 18.3 Å². The summed E-state index contributed by atoms with van der Waals surface area (Å²) in [6.07, 6.45) is 3.25. The molecule has 0 bridgehead atoms. The van der Waals surface area contributed by atoms with Crippen LogP contribution < -0.4 is 0 Å². The molecule has 0 spiro atoms. The topological polar surface area (TPSA) is 59.2 Å². The Kier molecular flexibility index (Phi) is 3.36. The molecule has 0 amide bonds. The number of nitrogens with zero attached hydrogens (tertiary/aromatic N) is 2. The highest BCUT2D eigenvalue weighted by atomic mass is 32.1. The van der Waals surface area contributed by atoms with Gasteiger partial charge in [-0.2, -0.15) is 0 Å². The zero-order valence-corrected chi connectivity index (χ0v) is 10.1. The zero-order chi connectivity index (χ0) is 11.5. The van der Waals surface area contributed by atoms with Gasteiger partial charge in [-0.05, 0) is 29.1 Å². The van der Waals surface area contributed by atoms with Crippen molar-refractivity contribution >= 4 is 11.5 Å². The molecule has 0 aliphatic heterocycles. The molecular weight excluding hydrogens is 224 g/mol. The fourth-order valence-corrected chi connectivity index (χ4v) is 2.35. The van der Waals surface area contributed by atoms with Crippen LogP contribution in [0.25, 0.3) is 0 Å². The smallest absolute Gasteiger partial charge is 0.0958 e. The third-order valence-electron chi connectivity index (χ3n) is 2.40. The lowest BCUT2D eigenvalue weighted by Crippen LogP contribution is -2.03. The fourth-order valence-electron chi connectivity index (χ4n) is 1.56. The Morgan fingerprint density at radius 2 is 2.31 bits per heavy atom. The van der Waals surface area contributed by atoms with E-state index in [2.05, 4.69) is 9.59 Å². The van der Waals surface area contributed by atoms with Crippen LogP contribution in [0, 0.1) is 0 Å². The van der Waals surface area contributed by atoms with Crippen molar-refractivity contribution in [1.82, 2.24) is 9.59 Å². The van der Waals surface area contributed by atoms with Gasteiger partial charge in [-0.15, -0.1) is 5.10 Å². The number of hydrogen-bond acceptors (Lipinski definition) is 5. The molecule has 4 nitrogen and oxygen atoms in total. The molecule has 1 N–H and O–H groups in total. The summed E-state index contributed by atoms with van der Waals surface area (Å²) in [5.41, 5.74) is 1.87. The van der Waals surface area contributed by atoms with Crippen LogP contribution in [0.1, 0.15) is 42.0 Å². The maximum absolute atomic E-state index is 10.1. The minimum Gasteiger partial charge on any atom is -0.472 e. The molecule has 0 saturated heterocycles. The van der Waals surface area contributed by atoms with Gasteiger partial charge in [0.25, 0.3) is 0 Å². The summed E-state index contributed by atoms with van der Waals surface area (Å²) in [7, 11) is 0. The predicted octanol–water partition coefficient (Wildman–Crippen LogP) is 2.53. The van der Waals surface area contributed by atoms with Crippen molar-refractivity contribution in [3.63, 3.8) is 0 Å². The summed E-state index contributed by atoms with van der Waals surface area (Å²) in [6, 6.07) is 1.85. The van der Waals surface area contributed by atoms with Crippen LogP contribution in [0.3, 0.4) is 0 Å². The van der Waals surface area contributed by atoms with E-state index in [0.717, 1.165) is 16.1 Å². The lowest BCUT2D eigenvalue weighted by molar-refractivity contribution is 0.180. The second kappa shape index (κ2) is 4.76. The van der Waals surface area contributed by atoms with Crippen molar-refractivity contribution in [2.24, 2.45) is 0 Å².